The van der Waals surface area contributed by atoms with Crippen molar-refractivity contribution in [3.63, 3.8) is 0 Å². The quantitative estimate of drug-likeness (QED) is 0.442. The molecule has 0 saturated heterocycles. The van der Waals surface area contributed by atoms with Gasteiger partial charge in [0.2, 0.25) is 0 Å². The second-order valence-corrected chi connectivity index (χ2v) is 7.63. The van der Waals surface area contributed by atoms with Crippen molar-refractivity contribution in [1.82, 2.24) is 0 Å². The predicted molar refractivity (Wildman–Crippen MR) is 118 cm³/mol. The van der Waals surface area contributed by atoms with Gasteiger partial charge in [-0.05, 0) is 60.8 Å². The SMILES string of the molecule is O=C(/C=C/c1ccccc1)OCC1CCC(COC(=O)/C=C/c2ccccc2)CC1. The van der Waals surface area contributed by atoms with Gasteiger partial charge in [-0.3, -0.25) is 0 Å². The summed E-state index contributed by atoms with van der Waals surface area (Å²) >= 11 is 0. The Kier molecular flexibility index (Phi) is 8.46. The summed E-state index contributed by atoms with van der Waals surface area (Å²) in [7, 11) is 0. The molecule has 0 unspecified atom stereocenters. The Morgan fingerprint density at radius 1 is 0.667 bits per heavy atom. The first-order chi connectivity index (χ1) is 14.7. The molecule has 1 saturated carbocycles. The fraction of sp³-hybridized carbons (Fsp3) is 0.308. The minimum absolute atomic E-state index is 0.305. The zero-order valence-electron chi connectivity index (χ0n) is 17.1. The highest BCUT2D eigenvalue weighted by Crippen LogP contribution is 2.29. The summed E-state index contributed by atoms with van der Waals surface area (Å²) in [6.45, 7) is 0.897. The zero-order valence-corrected chi connectivity index (χ0v) is 17.1. The van der Waals surface area contributed by atoms with Crippen LogP contribution in [0.25, 0.3) is 12.2 Å². The standard InChI is InChI=1S/C26H28O4/c27-25(17-15-21-7-3-1-4-8-21)29-19-23-11-13-24(14-12-23)20-30-26(28)18-16-22-9-5-2-6-10-22/h1-10,15-18,23-24H,11-14,19-20H2/b17-15+,18-16+. The smallest absolute Gasteiger partial charge is 0.330 e. The maximum absolute atomic E-state index is 11.9. The highest BCUT2D eigenvalue weighted by atomic mass is 16.5. The molecule has 0 aromatic heterocycles. The molecule has 0 N–H and O–H groups in total. The molecule has 0 spiro atoms. The lowest BCUT2D eigenvalue weighted by Crippen LogP contribution is -2.23. The van der Waals surface area contributed by atoms with Crippen LogP contribution in [0.1, 0.15) is 36.8 Å². The molecule has 0 amide bonds. The first kappa shape index (κ1) is 21.6. The lowest BCUT2D eigenvalue weighted by atomic mass is 9.83. The maximum Gasteiger partial charge on any atom is 0.330 e. The van der Waals surface area contributed by atoms with E-state index in [0.29, 0.717) is 25.0 Å². The molecule has 0 atom stereocenters. The summed E-state index contributed by atoms with van der Waals surface area (Å²) in [6, 6.07) is 19.4. The van der Waals surface area contributed by atoms with Crippen LogP contribution in [0.4, 0.5) is 0 Å². The van der Waals surface area contributed by atoms with Crippen molar-refractivity contribution in [3.05, 3.63) is 83.9 Å². The van der Waals surface area contributed by atoms with Gasteiger partial charge in [-0.25, -0.2) is 9.59 Å². The summed E-state index contributed by atoms with van der Waals surface area (Å²) in [5.41, 5.74) is 1.95. The summed E-state index contributed by atoms with van der Waals surface area (Å²) in [5, 5.41) is 0. The van der Waals surface area contributed by atoms with Gasteiger partial charge in [0.15, 0.2) is 0 Å². The number of carbonyl (C=O) groups is 2. The van der Waals surface area contributed by atoms with E-state index in [0.717, 1.165) is 36.8 Å². The van der Waals surface area contributed by atoms with Crippen molar-refractivity contribution < 1.29 is 19.1 Å². The summed E-state index contributed by atoms with van der Waals surface area (Å²) in [6.07, 6.45) is 10.4. The number of hydrogen-bond acceptors (Lipinski definition) is 4. The number of esters is 2. The molecule has 0 aliphatic heterocycles. The molecule has 1 aliphatic carbocycles. The third kappa shape index (κ3) is 7.70. The van der Waals surface area contributed by atoms with Crippen molar-refractivity contribution in [1.29, 1.82) is 0 Å². The van der Waals surface area contributed by atoms with Crippen molar-refractivity contribution in [2.24, 2.45) is 11.8 Å². The van der Waals surface area contributed by atoms with E-state index in [1.54, 1.807) is 12.2 Å². The molecule has 30 heavy (non-hydrogen) atoms. The van der Waals surface area contributed by atoms with Gasteiger partial charge < -0.3 is 9.47 Å². The molecule has 0 heterocycles. The largest absolute Gasteiger partial charge is 0.462 e. The molecule has 3 rings (SSSR count). The van der Waals surface area contributed by atoms with E-state index in [1.165, 1.54) is 12.2 Å². The number of ether oxygens (including phenoxy) is 2. The van der Waals surface area contributed by atoms with Crippen molar-refractivity contribution in [2.45, 2.75) is 25.7 Å². The second kappa shape index (κ2) is 11.8. The highest BCUT2D eigenvalue weighted by molar-refractivity contribution is 5.87. The van der Waals surface area contributed by atoms with Gasteiger partial charge in [0, 0.05) is 12.2 Å². The van der Waals surface area contributed by atoms with Crippen LogP contribution < -0.4 is 0 Å². The molecule has 1 aliphatic rings. The third-order valence-electron chi connectivity index (χ3n) is 5.31. The van der Waals surface area contributed by atoms with Crippen LogP contribution in [0.5, 0.6) is 0 Å². The van der Waals surface area contributed by atoms with Crippen LogP contribution in [-0.2, 0) is 19.1 Å². The lowest BCUT2D eigenvalue weighted by Gasteiger charge is -2.27. The van der Waals surface area contributed by atoms with E-state index >= 15 is 0 Å². The van der Waals surface area contributed by atoms with Gasteiger partial charge in [-0.1, -0.05) is 60.7 Å². The van der Waals surface area contributed by atoms with Crippen LogP contribution in [-0.4, -0.2) is 25.2 Å². The number of carbonyl (C=O) groups excluding carboxylic acids is 2. The van der Waals surface area contributed by atoms with Crippen molar-refractivity contribution in [2.75, 3.05) is 13.2 Å². The van der Waals surface area contributed by atoms with Crippen molar-refractivity contribution in [3.8, 4) is 0 Å². The molecular weight excluding hydrogens is 376 g/mol. The first-order valence-electron chi connectivity index (χ1n) is 10.5. The Morgan fingerprint density at radius 2 is 1.03 bits per heavy atom. The van der Waals surface area contributed by atoms with Gasteiger partial charge in [-0.2, -0.15) is 0 Å². The Bertz CT molecular complexity index is 774. The molecule has 1 fully saturated rings. The Balaban J connectivity index is 1.30. The van der Waals surface area contributed by atoms with Gasteiger partial charge in [0.25, 0.3) is 0 Å². The maximum atomic E-state index is 11.9. The summed E-state index contributed by atoms with van der Waals surface area (Å²) < 4.78 is 10.8. The Hall–Kier alpha value is -3.14. The van der Waals surface area contributed by atoms with Crippen molar-refractivity contribution >= 4 is 24.1 Å². The summed E-state index contributed by atoms with van der Waals surface area (Å²) in [5.74, 6) is 0.147. The van der Waals surface area contributed by atoms with Gasteiger partial charge >= 0.3 is 11.9 Å². The number of rotatable bonds is 8. The van der Waals surface area contributed by atoms with E-state index in [9.17, 15) is 9.59 Å². The van der Waals surface area contributed by atoms with Crippen LogP contribution in [0.15, 0.2) is 72.8 Å². The minimum atomic E-state index is -0.305. The van der Waals surface area contributed by atoms with E-state index < -0.39 is 0 Å². The minimum Gasteiger partial charge on any atom is -0.462 e. The fourth-order valence-corrected chi connectivity index (χ4v) is 3.52. The van der Waals surface area contributed by atoms with E-state index in [1.807, 2.05) is 60.7 Å². The summed E-state index contributed by atoms with van der Waals surface area (Å²) in [4.78, 5) is 23.8. The molecule has 0 bridgehead atoms. The fourth-order valence-electron chi connectivity index (χ4n) is 3.52. The first-order valence-corrected chi connectivity index (χ1v) is 10.5. The number of hydrogen-bond donors (Lipinski definition) is 0. The van der Waals surface area contributed by atoms with Crippen LogP contribution in [0.2, 0.25) is 0 Å². The van der Waals surface area contributed by atoms with Gasteiger partial charge in [-0.15, -0.1) is 0 Å². The topological polar surface area (TPSA) is 52.6 Å². The predicted octanol–water partition coefficient (Wildman–Crippen LogP) is 5.31. The van der Waals surface area contributed by atoms with Gasteiger partial charge in [0.05, 0.1) is 13.2 Å². The zero-order chi connectivity index (χ0) is 21.0. The Morgan fingerprint density at radius 3 is 1.40 bits per heavy atom. The third-order valence-corrected chi connectivity index (χ3v) is 5.31. The van der Waals surface area contributed by atoms with E-state index in [4.69, 9.17) is 9.47 Å². The average molecular weight is 405 g/mol. The molecule has 0 radical (unpaired) electrons. The Labute approximate surface area is 178 Å². The average Bonchev–Trinajstić information content (AvgIpc) is 2.80. The monoisotopic (exact) mass is 404 g/mol. The molecule has 156 valence electrons. The van der Waals surface area contributed by atoms with Crippen LogP contribution in [0, 0.1) is 11.8 Å². The van der Waals surface area contributed by atoms with Crippen LogP contribution >= 0.6 is 0 Å². The normalized spacial score (nSPS) is 19.1. The molecular formula is C26H28O4. The van der Waals surface area contributed by atoms with Gasteiger partial charge in [0.1, 0.15) is 0 Å². The molecule has 2 aromatic rings. The number of benzene rings is 2. The molecule has 2 aromatic carbocycles. The van der Waals surface area contributed by atoms with Crippen LogP contribution in [0.3, 0.4) is 0 Å². The molecule has 4 heteroatoms. The lowest BCUT2D eigenvalue weighted by molar-refractivity contribution is -0.141. The second-order valence-electron chi connectivity index (χ2n) is 7.63. The van der Waals surface area contributed by atoms with E-state index in [-0.39, 0.29) is 11.9 Å². The highest BCUT2D eigenvalue weighted by Gasteiger charge is 2.23. The van der Waals surface area contributed by atoms with E-state index in [2.05, 4.69) is 0 Å². The molecule has 4 nitrogen and oxygen atoms in total.